The third kappa shape index (κ3) is 6.84. The molecule has 0 radical (unpaired) electrons. The van der Waals surface area contributed by atoms with E-state index in [0.717, 1.165) is 92.6 Å². The number of carbonyl (C=O) groups excluding carboxylic acids is 1. The molecule has 3 heterocycles. The Balaban J connectivity index is 1.39. The Morgan fingerprint density at radius 3 is 2.60 bits per heavy atom. The summed E-state index contributed by atoms with van der Waals surface area (Å²) in [4.78, 5) is 35.4. The minimum absolute atomic E-state index is 0.0718. The van der Waals surface area contributed by atoms with Gasteiger partial charge >= 0.3 is 5.97 Å². The van der Waals surface area contributed by atoms with E-state index in [9.17, 15) is 9.59 Å². The van der Waals surface area contributed by atoms with Gasteiger partial charge < -0.3 is 24.5 Å². The summed E-state index contributed by atoms with van der Waals surface area (Å²) in [7, 11) is 2.19. The third-order valence-electron chi connectivity index (χ3n) is 8.57. The van der Waals surface area contributed by atoms with Gasteiger partial charge in [0.05, 0.1) is 11.0 Å². The lowest BCUT2D eigenvalue weighted by atomic mass is 9.97. The maximum atomic E-state index is 13.0. The molecule has 1 saturated heterocycles. The number of likely N-dealkylation sites (tertiary alicyclic amines) is 1. The average molecular weight is 548 g/mol. The van der Waals surface area contributed by atoms with Gasteiger partial charge in [0, 0.05) is 30.4 Å². The van der Waals surface area contributed by atoms with Gasteiger partial charge in [-0.15, -0.1) is 0 Å². The molecule has 0 bridgehead atoms. The van der Waals surface area contributed by atoms with Gasteiger partial charge in [0.2, 0.25) is 0 Å². The molecule has 0 amide bonds. The molecular formula is C32H45N5O3. The van der Waals surface area contributed by atoms with Gasteiger partial charge in [-0.1, -0.05) is 19.9 Å². The molecule has 1 aliphatic carbocycles. The highest BCUT2D eigenvalue weighted by molar-refractivity contribution is 5.81. The molecule has 5 rings (SSSR count). The molecule has 2 fully saturated rings. The fourth-order valence-corrected chi connectivity index (χ4v) is 6.15. The van der Waals surface area contributed by atoms with Crippen molar-refractivity contribution in [3.63, 3.8) is 0 Å². The largest absolute Gasteiger partial charge is 0.461 e. The van der Waals surface area contributed by atoms with Crippen LogP contribution in [0.15, 0.2) is 35.3 Å². The number of imidazole rings is 1. The maximum Gasteiger partial charge on any atom is 0.323 e. The number of esters is 1. The highest BCUT2D eigenvalue weighted by Gasteiger charge is 2.26. The number of H-pyrrole nitrogens is 1. The normalized spacial score (nSPS) is 18.1. The summed E-state index contributed by atoms with van der Waals surface area (Å²) in [6, 6.07) is 8.03. The lowest BCUT2D eigenvalue weighted by Gasteiger charge is -2.29. The quantitative estimate of drug-likeness (QED) is 0.346. The van der Waals surface area contributed by atoms with Gasteiger partial charge in [-0.2, -0.15) is 0 Å². The molecule has 0 spiro atoms. The fraction of sp³-hybridized carbons (Fsp3) is 0.594. The van der Waals surface area contributed by atoms with Gasteiger partial charge in [-0.25, -0.2) is 4.98 Å². The number of hydrogen-bond donors (Lipinski definition) is 2. The van der Waals surface area contributed by atoms with E-state index in [-0.39, 0.29) is 23.7 Å². The molecule has 1 aromatic carbocycles. The van der Waals surface area contributed by atoms with Crippen LogP contribution in [0.1, 0.15) is 69.9 Å². The van der Waals surface area contributed by atoms with Crippen LogP contribution in [0.4, 0.5) is 0 Å². The van der Waals surface area contributed by atoms with Crippen LogP contribution in [0.5, 0.6) is 0 Å². The molecule has 8 heteroatoms. The number of aryl methyl sites for hydroxylation is 1. The van der Waals surface area contributed by atoms with Gasteiger partial charge in [-0.3, -0.25) is 9.59 Å². The molecule has 2 aliphatic rings. The second-order valence-corrected chi connectivity index (χ2v) is 12.4. The number of piperidine rings is 1. The monoisotopic (exact) mass is 547 g/mol. The maximum absolute atomic E-state index is 13.0. The van der Waals surface area contributed by atoms with Gasteiger partial charge in [0.15, 0.2) is 0 Å². The molecule has 1 atom stereocenters. The first-order chi connectivity index (χ1) is 19.3. The predicted octanol–water partition coefficient (Wildman–Crippen LogP) is 5.03. The summed E-state index contributed by atoms with van der Waals surface area (Å²) in [5.41, 5.74) is 4.65. The Morgan fingerprint density at radius 2 is 1.90 bits per heavy atom. The van der Waals surface area contributed by atoms with Crippen LogP contribution >= 0.6 is 0 Å². The van der Waals surface area contributed by atoms with E-state index in [1.165, 1.54) is 0 Å². The molecule has 2 aromatic heterocycles. The minimum atomic E-state index is -0.321. The zero-order chi connectivity index (χ0) is 28.2. The highest BCUT2D eigenvalue weighted by atomic mass is 16.5. The van der Waals surface area contributed by atoms with E-state index in [4.69, 9.17) is 9.72 Å². The summed E-state index contributed by atoms with van der Waals surface area (Å²) in [6.07, 6.45) is 9.17. The molecule has 216 valence electrons. The van der Waals surface area contributed by atoms with Crippen LogP contribution in [0, 0.1) is 18.8 Å². The Labute approximate surface area is 237 Å². The highest BCUT2D eigenvalue weighted by Crippen LogP contribution is 2.29. The van der Waals surface area contributed by atoms with Gasteiger partial charge in [0.1, 0.15) is 18.0 Å². The lowest BCUT2D eigenvalue weighted by Crippen LogP contribution is -2.40. The van der Waals surface area contributed by atoms with E-state index < -0.39 is 0 Å². The number of carbonyl (C=O) groups is 1. The van der Waals surface area contributed by atoms with E-state index in [1.54, 1.807) is 6.20 Å². The second kappa shape index (κ2) is 12.7. The van der Waals surface area contributed by atoms with E-state index in [2.05, 4.69) is 58.9 Å². The van der Waals surface area contributed by atoms with Crippen molar-refractivity contribution < 1.29 is 9.53 Å². The number of nitrogens with one attached hydrogen (secondary N) is 2. The van der Waals surface area contributed by atoms with Crippen molar-refractivity contribution in [3.05, 3.63) is 51.9 Å². The van der Waals surface area contributed by atoms with E-state index >= 15 is 0 Å². The van der Waals surface area contributed by atoms with Crippen molar-refractivity contribution in [1.29, 1.82) is 0 Å². The average Bonchev–Trinajstić information content (AvgIpc) is 3.57. The summed E-state index contributed by atoms with van der Waals surface area (Å²) in [5.74, 6) is 1.73. The topological polar surface area (TPSA) is 92.2 Å². The molecular weight excluding hydrogens is 502 g/mol. The number of ether oxygens (including phenoxy) is 1. The number of fused-ring (bicyclic) bond motifs is 1. The molecule has 3 aromatic rings. The number of hydrogen-bond acceptors (Lipinski definition) is 6. The van der Waals surface area contributed by atoms with Crippen molar-refractivity contribution in [2.45, 2.75) is 91.0 Å². The smallest absolute Gasteiger partial charge is 0.323 e. The van der Waals surface area contributed by atoms with Crippen molar-refractivity contribution in [1.82, 2.24) is 24.8 Å². The first-order valence-corrected chi connectivity index (χ1v) is 15.1. The first-order valence-electron chi connectivity index (χ1n) is 15.1. The SMILES string of the molecule is Cc1cc(-c2nc3cc(CN[C@@H](CC(C)C)C(=O)OC4CCCC4)ccc3n2CC2CCN(C)CC2)c[nH]c1=O. The molecule has 1 aliphatic heterocycles. The number of aromatic amines is 1. The summed E-state index contributed by atoms with van der Waals surface area (Å²) in [6.45, 7) is 9.81. The van der Waals surface area contributed by atoms with Crippen LogP contribution in [0.2, 0.25) is 0 Å². The van der Waals surface area contributed by atoms with E-state index in [1.807, 2.05) is 13.0 Å². The van der Waals surface area contributed by atoms with Crippen LogP contribution in [0.25, 0.3) is 22.4 Å². The number of rotatable bonds is 10. The number of aromatic nitrogens is 3. The zero-order valence-electron chi connectivity index (χ0n) is 24.5. The third-order valence-corrected chi connectivity index (χ3v) is 8.57. The molecule has 0 unspecified atom stereocenters. The van der Waals surface area contributed by atoms with Crippen molar-refractivity contribution in [2.24, 2.45) is 11.8 Å². The minimum Gasteiger partial charge on any atom is -0.461 e. The Hall–Kier alpha value is -2.97. The number of pyridine rings is 1. The number of nitrogens with zero attached hydrogens (tertiary/aromatic N) is 3. The van der Waals surface area contributed by atoms with Crippen molar-refractivity contribution in [3.8, 4) is 11.4 Å². The standard InChI is InChI=1S/C32H45N5O3/c1-21(2)15-28(32(39)40-26-7-5-6-8-26)33-18-24-9-10-29-27(17-24)35-30(25-16-22(3)31(38)34-19-25)37(29)20-23-11-13-36(4)14-12-23/h9-10,16-17,19,21,23,26,28,33H,5-8,11-15,18,20H2,1-4H3,(H,34,38)/t28-/m0/s1. The second-order valence-electron chi connectivity index (χ2n) is 12.4. The van der Waals surface area contributed by atoms with Crippen LogP contribution in [0.3, 0.4) is 0 Å². The Kier molecular flexibility index (Phi) is 9.06. The van der Waals surface area contributed by atoms with Gasteiger partial charge in [0.25, 0.3) is 5.56 Å². The molecule has 40 heavy (non-hydrogen) atoms. The number of benzene rings is 1. The zero-order valence-corrected chi connectivity index (χ0v) is 24.5. The van der Waals surface area contributed by atoms with Gasteiger partial charge in [-0.05, 0) is 108 Å². The predicted molar refractivity (Wildman–Crippen MR) is 159 cm³/mol. The molecule has 2 N–H and O–H groups in total. The fourth-order valence-electron chi connectivity index (χ4n) is 6.15. The summed E-state index contributed by atoms with van der Waals surface area (Å²) in [5, 5.41) is 3.49. The molecule has 1 saturated carbocycles. The van der Waals surface area contributed by atoms with Crippen molar-refractivity contribution in [2.75, 3.05) is 20.1 Å². The summed E-state index contributed by atoms with van der Waals surface area (Å²) < 4.78 is 8.18. The lowest BCUT2D eigenvalue weighted by molar-refractivity contribution is -0.151. The van der Waals surface area contributed by atoms with Crippen molar-refractivity contribution >= 4 is 17.0 Å². The van der Waals surface area contributed by atoms with E-state index in [0.29, 0.717) is 23.9 Å². The van der Waals surface area contributed by atoms with Crippen LogP contribution in [-0.4, -0.2) is 57.7 Å². The van der Waals surface area contributed by atoms with Crippen LogP contribution < -0.4 is 10.9 Å². The first kappa shape index (κ1) is 28.6. The summed E-state index contributed by atoms with van der Waals surface area (Å²) >= 11 is 0. The Bertz CT molecular complexity index is 1360. The molecule has 8 nitrogen and oxygen atoms in total. The Morgan fingerprint density at radius 1 is 1.15 bits per heavy atom. The van der Waals surface area contributed by atoms with Crippen LogP contribution in [-0.2, 0) is 22.6 Å².